The van der Waals surface area contributed by atoms with E-state index in [0.29, 0.717) is 22.4 Å². The van der Waals surface area contributed by atoms with E-state index in [1.807, 2.05) is 23.1 Å². The molecule has 0 unspecified atom stereocenters. The average Bonchev–Trinajstić information content (AvgIpc) is 3.28. The van der Waals surface area contributed by atoms with Crippen molar-refractivity contribution in [2.75, 3.05) is 18.8 Å². The molecule has 6 nitrogen and oxygen atoms in total. The van der Waals surface area contributed by atoms with E-state index < -0.39 is 11.9 Å². The number of ether oxygens (including phenoxy) is 1. The third kappa shape index (κ3) is 5.16. The lowest BCUT2D eigenvalue weighted by Gasteiger charge is -2.40. The van der Waals surface area contributed by atoms with Gasteiger partial charge in [-0.15, -0.1) is 0 Å². The molecule has 0 bridgehead atoms. The van der Waals surface area contributed by atoms with Gasteiger partial charge in [0, 0.05) is 52.7 Å². The van der Waals surface area contributed by atoms with Crippen molar-refractivity contribution in [2.45, 2.75) is 58.2 Å². The molecule has 1 aliphatic heterocycles. The first-order chi connectivity index (χ1) is 16.0. The number of nitrogens with two attached hydrogens (primary N) is 1. The van der Waals surface area contributed by atoms with E-state index in [1.54, 1.807) is 13.1 Å². The van der Waals surface area contributed by atoms with E-state index >= 15 is 0 Å². The molecule has 2 N–H and O–H groups in total. The van der Waals surface area contributed by atoms with Crippen molar-refractivity contribution in [3.05, 3.63) is 58.2 Å². The molecule has 2 aromatic heterocycles. The average molecular weight is 506 g/mol. The maximum Gasteiger partial charge on any atom is 0.166 e. The molecular weight excluding hydrogens is 476 g/mol. The van der Waals surface area contributed by atoms with Crippen LogP contribution in [-0.4, -0.2) is 38.3 Å². The molecule has 1 atom stereocenters. The van der Waals surface area contributed by atoms with Crippen molar-refractivity contribution in [3.8, 4) is 16.9 Å². The van der Waals surface area contributed by atoms with Gasteiger partial charge in [-0.3, -0.25) is 9.58 Å². The lowest BCUT2D eigenvalue weighted by Crippen LogP contribution is -2.46. The number of anilines is 1. The zero-order valence-corrected chi connectivity index (χ0v) is 21.4. The minimum Gasteiger partial charge on any atom is -0.482 e. The summed E-state index contributed by atoms with van der Waals surface area (Å²) in [6.07, 6.45) is 7.04. The van der Waals surface area contributed by atoms with Crippen molar-refractivity contribution >= 4 is 29.0 Å². The number of aromatic nitrogens is 3. The van der Waals surface area contributed by atoms with Gasteiger partial charge in [-0.2, -0.15) is 5.10 Å². The van der Waals surface area contributed by atoms with Crippen molar-refractivity contribution in [1.82, 2.24) is 19.7 Å². The molecule has 3 aromatic rings. The van der Waals surface area contributed by atoms with Gasteiger partial charge in [-0.1, -0.05) is 23.2 Å². The topological polar surface area (TPSA) is 69.2 Å². The summed E-state index contributed by atoms with van der Waals surface area (Å²) in [5.41, 5.74) is 8.36. The number of pyridine rings is 1. The zero-order valence-electron chi connectivity index (χ0n) is 19.9. The summed E-state index contributed by atoms with van der Waals surface area (Å²) in [4.78, 5) is 6.81. The van der Waals surface area contributed by atoms with Gasteiger partial charge in [0.15, 0.2) is 11.6 Å². The van der Waals surface area contributed by atoms with Gasteiger partial charge in [0.1, 0.15) is 11.9 Å². The molecule has 1 aliphatic rings. The molecule has 9 heteroatoms. The van der Waals surface area contributed by atoms with Crippen molar-refractivity contribution in [3.63, 3.8) is 0 Å². The molecule has 34 heavy (non-hydrogen) atoms. The highest BCUT2D eigenvalue weighted by Gasteiger charge is 2.28. The van der Waals surface area contributed by atoms with E-state index in [2.05, 4.69) is 35.8 Å². The summed E-state index contributed by atoms with van der Waals surface area (Å²) in [7, 11) is 0. The van der Waals surface area contributed by atoms with Crippen LogP contribution in [0, 0.1) is 5.82 Å². The van der Waals surface area contributed by atoms with Crippen LogP contribution in [-0.2, 0) is 0 Å². The fourth-order valence-corrected chi connectivity index (χ4v) is 5.04. The highest BCUT2D eigenvalue weighted by Crippen LogP contribution is 2.37. The third-order valence-electron chi connectivity index (χ3n) is 6.39. The predicted octanol–water partition coefficient (Wildman–Crippen LogP) is 6.55. The van der Waals surface area contributed by atoms with Gasteiger partial charge < -0.3 is 10.5 Å². The van der Waals surface area contributed by atoms with E-state index in [9.17, 15) is 4.39 Å². The highest BCUT2D eigenvalue weighted by molar-refractivity contribution is 6.36. The van der Waals surface area contributed by atoms with E-state index in [4.69, 9.17) is 33.7 Å². The van der Waals surface area contributed by atoms with Crippen LogP contribution in [0.3, 0.4) is 0 Å². The summed E-state index contributed by atoms with van der Waals surface area (Å²) in [6, 6.07) is 4.85. The van der Waals surface area contributed by atoms with Crippen LogP contribution in [0.25, 0.3) is 11.1 Å². The molecule has 0 radical (unpaired) electrons. The lowest BCUT2D eigenvalue weighted by molar-refractivity contribution is 0.0870. The molecule has 182 valence electrons. The Morgan fingerprint density at radius 2 is 1.85 bits per heavy atom. The van der Waals surface area contributed by atoms with Gasteiger partial charge in [0.2, 0.25) is 0 Å². The van der Waals surface area contributed by atoms with E-state index in [0.717, 1.165) is 37.1 Å². The minimum absolute atomic E-state index is 0.0681. The van der Waals surface area contributed by atoms with Gasteiger partial charge >= 0.3 is 0 Å². The Balaban J connectivity index is 1.51. The second kappa shape index (κ2) is 9.72. The summed E-state index contributed by atoms with van der Waals surface area (Å²) in [5.74, 6) is 0.0333. The molecular formula is C25H30Cl2FN5O. The van der Waals surface area contributed by atoms with Gasteiger partial charge in [-0.25, -0.2) is 9.37 Å². The van der Waals surface area contributed by atoms with Crippen LogP contribution < -0.4 is 10.5 Å². The zero-order chi connectivity index (χ0) is 24.6. The maximum atomic E-state index is 14.0. The van der Waals surface area contributed by atoms with Crippen LogP contribution in [0.4, 0.5) is 10.2 Å². The monoisotopic (exact) mass is 505 g/mol. The number of halogens is 3. The summed E-state index contributed by atoms with van der Waals surface area (Å²) in [5, 5.41) is 4.87. The SMILES string of the molecule is C[C@H](Oc1cc(-c2cnn(C3CCN(C(C)(C)C)CC3)c2)cnc1N)c1c(Cl)ccc(F)c1Cl. The van der Waals surface area contributed by atoms with Crippen molar-refractivity contribution < 1.29 is 9.13 Å². The highest BCUT2D eigenvalue weighted by atomic mass is 35.5. The first-order valence-electron chi connectivity index (χ1n) is 11.4. The molecule has 3 heterocycles. The lowest BCUT2D eigenvalue weighted by atomic mass is 9.98. The first-order valence-corrected chi connectivity index (χ1v) is 12.2. The first kappa shape index (κ1) is 24.8. The summed E-state index contributed by atoms with van der Waals surface area (Å²) < 4.78 is 22.0. The number of benzene rings is 1. The fourth-order valence-electron chi connectivity index (χ4n) is 4.36. The number of hydrogen-bond donors (Lipinski definition) is 1. The number of nitrogen functional groups attached to an aromatic ring is 1. The van der Waals surface area contributed by atoms with E-state index in [1.165, 1.54) is 12.1 Å². The van der Waals surface area contributed by atoms with Crippen molar-refractivity contribution in [2.24, 2.45) is 0 Å². The Morgan fingerprint density at radius 1 is 1.15 bits per heavy atom. The molecule has 1 aromatic carbocycles. The van der Waals surface area contributed by atoms with Crippen molar-refractivity contribution in [1.29, 1.82) is 0 Å². The quantitative estimate of drug-likeness (QED) is 0.398. The Morgan fingerprint density at radius 3 is 2.53 bits per heavy atom. The Bertz CT molecular complexity index is 1170. The number of hydrogen-bond acceptors (Lipinski definition) is 5. The number of nitrogens with zero attached hydrogens (tertiary/aromatic N) is 4. The van der Waals surface area contributed by atoms with Crippen LogP contribution in [0.15, 0.2) is 36.8 Å². The maximum absolute atomic E-state index is 14.0. The van der Waals surface area contributed by atoms with Gasteiger partial charge in [-0.05, 0) is 58.7 Å². The molecule has 0 amide bonds. The summed E-state index contributed by atoms with van der Waals surface area (Å²) >= 11 is 12.4. The molecule has 4 rings (SSSR count). The molecule has 1 saturated heterocycles. The minimum atomic E-state index is -0.634. The van der Waals surface area contributed by atoms with Gasteiger partial charge in [0.25, 0.3) is 0 Å². The smallest absolute Gasteiger partial charge is 0.166 e. The standard InChI is InChI=1S/C25H30Cl2FN5O/c1-15(22-19(26)5-6-20(28)23(22)27)34-21-11-16(12-30-24(21)29)17-13-31-33(14-17)18-7-9-32(10-8-18)25(2,3)4/h5-6,11-15,18H,7-10H2,1-4H3,(H2,29,30)/t15-/m0/s1. The van der Waals surface area contributed by atoms with Crippen LogP contribution in [0.5, 0.6) is 5.75 Å². The number of likely N-dealkylation sites (tertiary alicyclic amines) is 1. The van der Waals surface area contributed by atoms with Crippen LogP contribution in [0.2, 0.25) is 10.0 Å². The van der Waals surface area contributed by atoms with Crippen LogP contribution >= 0.6 is 23.2 Å². The van der Waals surface area contributed by atoms with Crippen LogP contribution in [0.1, 0.15) is 58.2 Å². The molecule has 0 spiro atoms. The second-order valence-corrected chi connectivity index (χ2v) is 10.5. The predicted molar refractivity (Wildman–Crippen MR) is 135 cm³/mol. The molecule has 1 fully saturated rings. The normalized spacial score (nSPS) is 16.6. The Labute approximate surface area is 209 Å². The largest absolute Gasteiger partial charge is 0.482 e. The molecule has 0 saturated carbocycles. The van der Waals surface area contributed by atoms with Gasteiger partial charge in [0.05, 0.1) is 17.3 Å². The Kier molecular flexibility index (Phi) is 7.08. The van der Waals surface area contributed by atoms with E-state index in [-0.39, 0.29) is 16.4 Å². The second-order valence-electron chi connectivity index (χ2n) is 9.72. The number of piperidine rings is 1. The third-order valence-corrected chi connectivity index (χ3v) is 7.11. The number of rotatable bonds is 5. The molecule has 0 aliphatic carbocycles. The Hall–Kier alpha value is -2.35. The fraction of sp³-hybridized carbons (Fsp3) is 0.440. The summed E-state index contributed by atoms with van der Waals surface area (Å²) in [6.45, 7) is 10.6.